The molecule has 0 amide bonds. The summed E-state index contributed by atoms with van der Waals surface area (Å²) in [5, 5.41) is 17.3. The molecule has 2 rings (SSSR count). The van der Waals surface area contributed by atoms with Crippen LogP contribution in [0.5, 0.6) is 0 Å². The number of methoxy groups -OCH3 is 1. The van der Waals surface area contributed by atoms with Crippen LogP contribution in [0.2, 0.25) is 0 Å². The van der Waals surface area contributed by atoms with Gasteiger partial charge in [0.1, 0.15) is 6.33 Å². The van der Waals surface area contributed by atoms with Gasteiger partial charge in [0.25, 0.3) is 0 Å². The molecule has 1 aromatic heterocycles. The van der Waals surface area contributed by atoms with Gasteiger partial charge in [0.05, 0.1) is 10.5 Å². The van der Waals surface area contributed by atoms with E-state index in [9.17, 15) is 10.1 Å². The van der Waals surface area contributed by atoms with Crippen LogP contribution in [0.4, 0.5) is 17.3 Å². The molecule has 0 atom stereocenters. The van der Waals surface area contributed by atoms with Gasteiger partial charge in [0.2, 0.25) is 11.6 Å². The predicted molar refractivity (Wildman–Crippen MR) is 79.5 cm³/mol. The molecule has 1 heterocycles. The van der Waals surface area contributed by atoms with E-state index in [4.69, 9.17) is 4.74 Å². The van der Waals surface area contributed by atoms with Crippen molar-refractivity contribution in [2.45, 2.75) is 38.2 Å². The smallest absolute Gasteiger partial charge is 0.353 e. The lowest BCUT2D eigenvalue weighted by molar-refractivity contribution is -0.383. The number of nitrogens with zero attached hydrogens (tertiary/aromatic N) is 3. The number of aromatic nitrogens is 2. The van der Waals surface area contributed by atoms with E-state index in [0.717, 1.165) is 25.7 Å². The number of hydrogen-bond acceptors (Lipinski definition) is 7. The lowest BCUT2D eigenvalue weighted by atomic mass is 9.80. The fraction of sp³-hybridized carbons (Fsp3) is 0.692. The van der Waals surface area contributed by atoms with Crippen LogP contribution in [0.25, 0.3) is 0 Å². The van der Waals surface area contributed by atoms with Gasteiger partial charge in [-0.1, -0.05) is 6.92 Å². The molecule has 1 saturated carbocycles. The second-order valence-electron chi connectivity index (χ2n) is 5.20. The molecule has 0 radical (unpaired) electrons. The Balaban J connectivity index is 2.16. The molecule has 1 aliphatic rings. The average Bonchev–Trinajstić information content (AvgIpc) is 2.44. The summed E-state index contributed by atoms with van der Waals surface area (Å²) >= 11 is 0. The molecule has 2 N–H and O–H groups in total. The largest absolute Gasteiger partial charge is 0.376 e. The molecule has 0 aliphatic heterocycles. The fourth-order valence-corrected chi connectivity index (χ4v) is 2.32. The highest BCUT2D eigenvalue weighted by Crippen LogP contribution is 2.36. The minimum Gasteiger partial charge on any atom is -0.376 e. The molecule has 0 bridgehead atoms. The molecule has 0 aromatic carbocycles. The Kier molecular flexibility index (Phi) is 4.89. The molecule has 8 nitrogen and oxygen atoms in total. The zero-order valence-corrected chi connectivity index (χ0v) is 12.4. The van der Waals surface area contributed by atoms with Gasteiger partial charge in [0, 0.05) is 20.2 Å². The highest BCUT2D eigenvalue weighted by molar-refractivity contribution is 5.69. The summed E-state index contributed by atoms with van der Waals surface area (Å²) in [4.78, 5) is 18.8. The molecule has 21 heavy (non-hydrogen) atoms. The maximum Gasteiger partial charge on any atom is 0.353 e. The third-order valence-electron chi connectivity index (χ3n) is 3.82. The minimum absolute atomic E-state index is 0.114. The zero-order chi connectivity index (χ0) is 15.3. The first-order valence-electron chi connectivity index (χ1n) is 7.14. The van der Waals surface area contributed by atoms with Gasteiger partial charge in [0.15, 0.2) is 0 Å². The Morgan fingerprint density at radius 2 is 2.05 bits per heavy atom. The van der Waals surface area contributed by atoms with E-state index in [0.29, 0.717) is 13.1 Å². The summed E-state index contributed by atoms with van der Waals surface area (Å²) in [6.45, 7) is 3.12. The van der Waals surface area contributed by atoms with E-state index in [1.165, 1.54) is 6.33 Å². The number of rotatable bonds is 8. The molecular formula is C13H21N5O3. The topological polar surface area (TPSA) is 102 Å². The van der Waals surface area contributed by atoms with Crippen LogP contribution in [0.1, 0.15) is 32.6 Å². The van der Waals surface area contributed by atoms with Gasteiger partial charge in [-0.25, -0.2) is 9.97 Å². The molecule has 0 spiro atoms. The average molecular weight is 295 g/mol. The SMILES string of the molecule is CCCNc1ncnc(NCC2(OC)CCC2)c1[N+](=O)[O-]. The summed E-state index contributed by atoms with van der Waals surface area (Å²) in [6.07, 6.45) is 5.21. The van der Waals surface area contributed by atoms with E-state index in [-0.39, 0.29) is 22.9 Å². The number of anilines is 2. The fourth-order valence-electron chi connectivity index (χ4n) is 2.32. The lowest BCUT2D eigenvalue weighted by Crippen LogP contribution is -2.45. The minimum atomic E-state index is -0.458. The van der Waals surface area contributed by atoms with E-state index in [1.807, 2.05) is 6.92 Å². The number of hydrogen-bond donors (Lipinski definition) is 2. The Hall–Kier alpha value is -1.96. The summed E-state index contributed by atoms with van der Waals surface area (Å²) in [5.74, 6) is 0.483. The Labute approximate surface area is 123 Å². The quantitative estimate of drug-likeness (QED) is 0.559. The first-order valence-corrected chi connectivity index (χ1v) is 7.14. The van der Waals surface area contributed by atoms with Crippen LogP contribution in [-0.4, -0.2) is 40.7 Å². The van der Waals surface area contributed by atoms with Crippen molar-refractivity contribution < 1.29 is 9.66 Å². The summed E-state index contributed by atoms with van der Waals surface area (Å²) < 4.78 is 5.50. The molecule has 0 unspecified atom stereocenters. The number of ether oxygens (including phenoxy) is 1. The van der Waals surface area contributed by atoms with E-state index in [1.54, 1.807) is 7.11 Å². The van der Waals surface area contributed by atoms with Gasteiger partial charge < -0.3 is 15.4 Å². The van der Waals surface area contributed by atoms with Gasteiger partial charge in [-0.05, 0) is 25.7 Å². The van der Waals surface area contributed by atoms with E-state index >= 15 is 0 Å². The van der Waals surface area contributed by atoms with E-state index < -0.39 is 4.92 Å². The molecule has 1 fully saturated rings. The molecule has 1 aliphatic carbocycles. The van der Waals surface area contributed by atoms with Crippen molar-refractivity contribution in [1.82, 2.24) is 9.97 Å². The molecule has 116 valence electrons. The molecular weight excluding hydrogens is 274 g/mol. The maximum absolute atomic E-state index is 11.3. The van der Waals surface area contributed by atoms with Gasteiger partial charge in [-0.15, -0.1) is 0 Å². The molecule has 8 heteroatoms. The van der Waals surface area contributed by atoms with Crippen LogP contribution < -0.4 is 10.6 Å². The standard InChI is InChI=1S/C13H21N5O3/c1-3-7-14-11-10(18(19)20)12(17-9-16-11)15-8-13(21-2)5-4-6-13/h9H,3-8H2,1-2H3,(H2,14,15,16,17). The van der Waals surface area contributed by atoms with Crippen molar-refractivity contribution in [2.75, 3.05) is 30.8 Å². The lowest BCUT2D eigenvalue weighted by Gasteiger charge is -2.40. The first-order chi connectivity index (χ1) is 10.1. The zero-order valence-electron chi connectivity index (χ0n) is 12.4. The normalized spacial score (nSPS) is 16.1. The number of nitro groups is 1. The third kappa shape index (κ3) is 3.38. The Morgan fingerprint density at radius 3 is 2.52 bits per heavy atom. The summed E-state index contributed by atoms with van der Waals surface area (Å²) in [5.41, 5.74) is -0.341. The van der Waals surface area contributed by atoms with Crippen LogP contribution in [0.3, 0.4) is 0 Å². The second kappa shape index (κ2) is 6.66. The highest BCUT2D eigenvalue weighted by atomic mass is 16.6. The van der Waals surface area contributed by atoms with Gasteiger partial charge in [-0.3, -0.25) is 10.1 Å². The second-order valence-corrected chi connectivity index (χ2v) is 5.20. The predicted octanol–water partition coefficient (Wildman–Crippen LogP) is 2.19. The molecule has 1 aromatic rings. The van der Waals surface area contributed by atoms with Crippen molar-refractivity contribution >= 4 is 17.3 Å². The maximum atomic E-state index is 11.3. The van der Waals surface area contributed by atoms with Crippen LogP contribution in [0.15, 0.2) is 6.33 Å². The van der Waals surface area contributed by atoms with Gasteiger partial charge in [-0.2, -0.15) is 0 Å². The molecule has 0 saturated heterocycles. The Bertz CT molecular complexity index is 499. The van der Waals surface area contributed by atoms with Crippen LogP contribution in [0, 0.1) is 10.1 Å². The monoisotopic (exact) mass is 295 g/mol. The Morgan fingerprint density at radius 1 is 1.38 bits per heavy atom. The number of nitrogens with one attached hydrogen (secondary N) is 2. The van der Waals surface area contributed by atoms with Crippen molar-refractivity contribution in [2.24, 2.45) is 0 Å². The van der Waals surface area contributed by atoms with Crippen molar-refractivity contribution in [3.8, 4) is 0 Å². The highest BCUT2D eigenvalue weighted by Gasteiger charge is 2.37. The van der Waals surface area contributed by atoms with Crippen LogP contribution >= 0.6 is 0 Å². The van der Waals surface area contributed by atoms with Gasteiger partial charge >= 0.3 is 5.69 Å². The summed E-state index contributed by atoms with van der Waals surface area (Å²) in [6, 6.07) is 0. The van der Waals surface area contributed by atoms with Crippen molar-refractivity contribution in [3.63, 3.8) is 0 Å². The van der Waals surface area contributed by atoms with Crippen LogP contribution in [-0.2, 0) is 4.74 Å². The van der Waals surface area contributed by atoms with E-state index in [2.05, 4.69) is 20.6 Å². The van der Waals surface area contributed by atoms with Crippen molar-refractivity contribution in [1.29, 1.82) is 0 Å². The summed E-state index contributed by atoms with van der Waals surface area (Å²) in [7, 11) is 1.67. The van der Waals surface area contributed by atoms with Crippen molar-refractivity contribution in [3.05, 3.63) is 16.4 Å². The first kappa shape index (κ1) is 15.4. The third-order valence-corrected chi connectivity index (χ3v) is 3.82.